The number of para-hydroxylation sites is 1. The maximum Gasteiger partial charge on any atom is 0.407 e. The average Bonchev–Trinajstić information content (AvgIpc) is 3.37. The zero-order chi connectivity index (χ0) is 30.4. The number of carbonyl (C=O) groups is 2. The van der Waals surface area contributed by atoms with Crippen molar-refractivity contribution in [2.75, 3.05) is 40.9 Å². The third kappa shape index (κ3) is 9.25. The first-order valence-electron chi connectivity index (χ1n) is 14.2. The predicted octanol–water partition coefficient (Wildman–Crippen LogP) is 4.29. The van der Waals surface area contributed by atoms with Gasteiger partial charge in [0.25, 0.3) is 0 Å². The van der Waals surface area contributed by atoms with Crippen LogP contribution >= 0.6 is 0 Å². The van der Waals surface area contributed by atoms with E-state index in [0.717, 1.165) is 64.5 Å². The molecule has 0 atom stereocenters. The van der Waals surface area contributed by atoms with Gasteiger partial charge in [-0.3, -0.25) is 4.79 Å². The maximum atomic E-state index is 13.4. The van der Waals surface area contributed by atoms with Gasteiger partial charge in [0, 0.05) is 39.5 Å². The Hall–Kier alpha value is -4.04. The van der Waals surface area contributed by atoms with E-state index in [1.807, 2.05) is 82.5 Å². The SMILES string of the molecule is C=c1[nH]cc(-c2ccccc2OC)/c1=C/C(=C\C)C(/C=C(\CNC(=O)OC)C(=O)NC1CCN(C)CC1)=C/C.CC. The first-order chi connectivity index (χ1) is 19.8. The number of hydrogen-bond acceptors (Lipinski definition) is 5. The molecule has 1 aliphatic heterocycles. The number of ether oxygens (including phenoxy) is 2. The number of aromatic nitrogens is 1. The van der Waals surface area contributed by atoms with Crippen molar-refractivity contribution in [1.82, 2.24) is 20.5 Å². The van der Waals surface area contributed by atoms with Crippen LogP contribution in [0.1, 0.15) is 40.5 Å². The molecule has 1 fully saturated rings. The Bertz CT molecular complexity index is 1360. The van der Waals surface area contributed by atoms with Crippen molar-refractivity contribution in [3.63, 3.8) is 0 Å². The third-order valence-electron chi connectivity index (χ3n) is 6.94. The highest BCUT2D eigenvalue weighted by Gasteiger charge is 2.21. The smallest absolute Gasteiger partial charge is 0.407 e. The lowest BCUT2D eigenvalue weighted by molar-refractivity contribution is -0.118. The number of benzene rings is 1. The summed E-state index contributed by atoms with van der Waals surface area (Å²) in [6.07, 6.45) is 10.9. The Morgan fingerprint density at radius 3 is 2.34 bits per heavy atom. The van der Waals surface area contributed by atoms with Gasteiger partial charge in [-0.2, -0.15) is 0 Å². The average molecular weight is 563 g/mol. The Labute approximate surface area is 244 Å². The molecule has 0 unspecified atom stereocenters. The number of rotatable bonds is 9. The fourth-order valence-corrected chi connectivity index (χ4v) is 4.61. The highest BCUT2D eigenvalue weighted by atomic mass is 16.5. The fourth-order valence-electron chi connectivity index (χ4n) is 4.61. The molecule has 0 spiro atoms. The second-order valence-electron chi connectivity index (χ2n) is 9.49. The molecule has 3 rings (SSSR count). The fraction of sp³-hybridized carbons (Fsp3) is 0.394. The first kappa shape index (κ1) is 33.2. The lowest BCUT2D eigenvalue weighted by atomic mass is 9.98. The molecule has 41 heavy (non-hydrogen) atoms. The van der Waals surface area contributed by atoms with E-state index in [4.69, 9.17) is 9.47 Å². The number of piperidine rings is 1. The second-order valence-corrected chi connectivity index (χ2v) is 9.49. The van der Waals surface area contributed by atoms with Crippen LogP contribution in [0, 0.1) is 0 Å². The van der Waals surface area contributed by atoms with Gasteiger partial charge in [-0.05, 0) is 76.2 Å². The van der Waals surface area contributed by atoms with Gasteiger partial charge in [0.2, 0.25) is 5.91 Å². The lowest BCUT2D eigenvalue weighted by Gasteiger charge is -2.29. The number of alkyl carbamates (subject to hydrolysis) is 1. The molecule has 8 heteroatoms. The first-order valence-corrected chi connectivity index (χ1v) is 14.2. The Morgan fingerprint density at radius 2 is 1.73 bits per heavy atom. The van der Waals surface area contributed by atoms with Gasteiger partial charge in [-0.1, -0.05) is 50.8 Å². The molecular formula is C33H46N4O4. The molecule has 1 saturated heterocycles. The summed E-state index contributed by atoms with van der Waals surface area (Å²) >= 11 is 0. The van der Waals surface area contributed by atoms with Gasteiger partial charge in [-0.15, -0.1) is 0 Å². The van der Waals surface area contributed by atoms with Crippen LogP contribution in [0.3, 0.4) is 0 Å². The molecule has 0 aliphatic carbocycles. The van der Waals surface area contributed by atoms with Crippen LogP contribution < -0.4 is 25.9 Å². The minimum absolute atomic E-state index is 0.0384. The van der Waals surface area contributed by atoms with E-state index in [9.17, 15) is 9.59 Å². The minimum Gasteiger partial charge on any atom is -0.496 e. The molecule has 2 aromatic rings. The van der Waals surface area contributed by atoms with Gasteiger partial charge >= 0.3 is 6.09 Å². The number of allylic oxidation sites excluding steroid dienone is 5. The number of nitrogens with zero attached hydrogens (tertiary/aromatic N) is 1. The van der Waals surface area contributed by atoms with Gasteiger partial charge in [0.05, 0.1) is 20.8 Å². The number of hydrogen-bond donors (Lipinski definition) is 3. The molecule has 3 N–H and O–H groups in total. The zero-order valence-corrected chi connectivity index (χ0v) is 25.6. The van der Waals surface area contributed by atoms with E-state index < -0.39 is 6.09 Å². The van der Waals surface area contributed by atoms with Gasteiger partial charge in [0.15, 0.2) is 0 Å². The third-order valence-corrected chi connectivity index (χ3v) is 6.94. The van der Waals surface area contributed by atoms with E-state index in [1.54, 1.807) is 7.11 Å². The summed E-state index contributed by atoms with van der Waals surface area (Å²) in [6, 6.07) is 7.93. The molecule has 222 valence electrons. The van der Waals surface area contributed by atoms with E-state index in [-0.39, 0.29) is 18.5 Å². The molecular weight excluding hydrogens is 516 g/mol. The van der Waals surface area contributed by atoms with E-state index >= 15 is 0 Å². The second kappa shape index (κ2) is 16.9. The van der Waals surface area contributed by atoms with Crippen LogP contribution in [0.5, 0.6) is 5.75 Å². The topological polar surface area (TPSA) is 95.7 Å². The van der Waals surface area contributed by atoms with Crippen molar-refractivity contribution >= 4 is 24.7 Å². The molecule has 8 nitrogen and oxygen atoms in total. The summed E-state index contributed by atoms with van der Waals surface area (Å²) in [7, 11) is 5.03. The van der Waals surface area contributed by atoms with Crippen molar-refractivity contribution in [3.05, 3.63) is 76.0 Å². The Balaban J connectivity index is 0.00000287. The molecule has 2 heterocycles. The van der Waals surface area contributed by atoms with Crippen molar-refractivity contribution in [2.45, 2.75) is 46.6 Å². The number of carbonyl (C=O) groups excluding carboxylic acids is 2. The summed E-state index contributed by atoms with van der Waals surface area (Å²) in [5, 5.41) is 7.50. The number of methoxy groups -OCH3 is 2. The van der Waals surface area contributed by atoms with Gasteiger partial charge < -0.3 is 30.0 Å². The normalized spacial score (nSPS) is 15.6. The molecule has 1 aromatic heterocycles. The van der Waals surface area contributed by atoms with Crippen LogP contribution in [0.25, 0.3) is 23.8 Å². The molecule has 1 aliphatic rings. The molecule has 2 amide bonds. The van der Waals surface area contributed by atoms with E-state index in [2.05, 4.69) is 34.1 Å². The summed E-state index contributed by atoms with van der Waals surface area (Å²) in [5.41, 5.74) is 4.09. The standard InChI is InChI=1S/C31H40N4O4.C2H6/c1-7-22(17-24(19-33-31(37)39-6)30(36)34-25-13-15-35(4)16-14-25)23(8-2)18-27-21(3)32-20-28(27)26-11-9-10-12-29(26)38-5;1-2/h7-12,17-18,20,25,32H,3,13-16,19H2,1-2,4-6H3,(H,33,37)(H,34,36);1-2H3/b22-7+,23-8+,24-17+,27-18+;. The quantitative estimate of drug-likeness (QED) is 0.313. The van der Waals surface area contributed by atoms with Gasteiger partial charge in [0.1, 0.15) is 5.75 Å². The summed E-state index contributed by atoms with van der Waals surface area (Å²) in [5.74, 6) is 0.561. The highest BCUT2D eigenvalue weighted by Crippen LogP contribution is 2.27. The van der Waals surface area contributed by atoms with Crippen LogP contribution in [-0.2, 0) is 9.53 Å². The molecule has 0 saturated carbocycles. The van der Waals surface area contributed by atoms with E-state index in [0.29, 0.717) is 5.57 Å². The lowest BCUT2D eigenvalue weighted by Crippen LogP contribution is -2.44. The number of amides is 2. The monoisotopic (exact) mass is 562 g/mol. The van der Waals surface area contributed by atoms with Crippen LogP contribution in [0.15, 0.2) is 65.4 Å². The van der Waals surface area contributed by atoms with E-state index in [1.165, 1.54) is 7.11 Å². The number of likely N-dealkylation sites (tertiary alicyclic amines) is 1. The Morgan fingerprint density at radius 1 is 1.07 bits per heavy atom. The van der Waals surface area contributed by atoms with Crippen LogP contribution in [0.2, 0.25) is 0 Å². The Kier molecular flexibility index (Phi) is 13.7. The van der Waals surface area contributed by atoms with Crippen molar-refractivity contribution in [2.24, 2.45) is 0 Å². The summed E-state index contributed by atoms with van der Waals surface area (Å²) < 4.78 is 10.3. The molecule has 1 aromatic carbocycles. The van der Waals surface area contributed by atoms with Crippen LogP contribution in [0.4, 0.5) is 4.79 Å². The molecule has 0 radical (unpaired) electrons. The molecule has 0 bridgehead atoms. The summed E-state index contributed by atoms with van der Waals surface area (Å²) in [6.45, 7) is 14.0. The zero-order valence-electron chi connectivity index (χ0n) is 25.6. The summed E-state index contributed by atoms with van der Waals surface area (Å²) in [4.78, 5) is 30.7. The van der Waals surface area contributed by atoms with Crippen molar-refractivity contribution < 1.29 is 19.1 Å². The minimum atomic E-state index is -0.594. The number of aromatic amines is 1. The largest absolute Gasteiger partial charge is 0.496 e. The number of H-pyrrole nitrogens is 1. The van der Waals surface area contributed by atoms with Crippen molar-refractivity contribution in [1.29, 1.82) is 0 Å². The van der Waals surface area contributed by atoms with Gasteiger partial charge in [-0.25, -0.2) is 4.79 Å². The van der Waals surface area contributed by atoms with Crippen molar-refractivity contribution in [3.8, 4) is 16.9 Å². The number of nitrogens with one attached hydrogen (secondary N) is 3. The predicted molar refractivity (Wildman–Crippen MR) is 168 cm³/mol. The maximum absolute atomic E-state index is 13.4. The van der Waals surface area contributed by atoms with Crippen LogP contribution in [-0.4, -0.2) is 68.8 Å². The highest BCUT2D eigenvalue weighted by molar-refractivity contribution is 5.95.